The van der Waals surface area contributed by atoms with Crippen molar-refractivity contribution in [1.29, 1.82) is 0 Å². The standard InChI is InChI=1S/C23H26N6O2/c1-17-8-9-19-13-20(23(30)24-21(19)12-17)15-28(14-18-6-4-3-5-7-18)16-22-25-26-27-29(22)10-11-31-2/h3-9,12-13H,10-11,14-16H2,1-2H3,(H,24,30)/p+1. The molecule has 2 aromatic heterocycles. The molecule has 0 fully saturated rings. The minimum atomic E-state index is -0.0531. The van der Waals surface area contributed by atoms with Gasteiger partial charge in [0.05, 0.1) is 18.7 Å². The van der Waals surface area contributed by atoms with Crippen LogP contribution in [-0.2, 0) is 30.9 Å². The maximum atomic E-state index is 12.8. The predicted molar refractivity (Wildman–Crippen MR) is 118 cm³/mol. The lowest BCUT2D eigenvalue weighted by atomic mass is 10.1. The van der Waals surface area contributed by atoms with Crippen molar-refractivity contribution in [2.75, 3.05) is 13.7 Å². The van der Waals surface area contributed by atoms with E-state index in [4.69, 9.17) is 4.74 Å². The number of hydrogen-bond donors (Lipinski definition) is 2. The molecule has 0 bridgehead atoms. The zero-order chi connectivity index (χ0) is 21.6. The average Bonchev–Trinajstić information content (AvgIpc) is 3.20. The first-order valence-electron chi connectivity index (χ1n) is 10.4. The monoisotopic (exact) mass is 419 g/mol. The van der Waals surface area contributed by atoms with E-state index in [9.17, 15) is 4.79 Å². The number of tetrazole rings is 1. The van der Waals surface area contributed by atoms with Gasteiger partial charge in [0.15, 0.2) is 0 Å². The number of aryl methyl sites for hydroxylation is 1. The van der Waals surface area contributed by atoms with Gasteiger partial charge in [0.2, 0.25) is 5.82 Å². The van der Waals surface area contributed by atoms with Gasteiger partial charge in [-0.15, -0.1) is 5.10 Å². The van der Waals surface area contributed by atoms with Gasteiger partial charge in [0.1, 0.15) is 19.6 Å². The molecule has 1 unspecified atom stereocenters. The van der Waals surface area contributed by atoms with E-state index in [1.165, 1.54) is 10.5 Å². The molecule has 160 valence electrons. The van der Waals surface area contributed by atoms with Gasteiger partial charge in [0, 0.05) is 18.2 Å². The molecule has 4 aromatic rings. The van der Waals surface area contributed by atoms with Crippen LogP contribution in [0.5, 0.6) is 0 Å². The Morgan fingerprint density at radius 1 is 1.06 bits per heavy atom. The van der Waals surface area contributed by atoms with Crippen LogP contribution in [0.25, 0.3) is 10.9 Å². The van der Waals surface area contributed by atoms with Gasteiger partial charge in [-0.25, -0.2) is 4.68 Å². The lowest BCUT2D eigenvalue weighted by molar-refractivity contribution is -0.941. The Morgan fingerprint density at radius 2 is 1.90 bits per heavy atom. The molecule has 2 heterocycles. The van der Waals surface area contributed by atoms with Crippen molar-refractivity contribution in [2.24, 2.45) is 0 Å². The zero-order valence-electron chi connectivity index (χ0n) is 17.8. The lowest BCUT2D eigenvalue weighted by Crippen LogP contribution is -3.08. The van der Waals surface area contributed by atoms with Crippen LogP contribution >= 0.6 is 0 Å². The van der Waals surface area contributed by atoms with Crippen molar-refractivity contribution in [2.45, 2.75) is 33.1 Å². The van der Waals surface area contributed by atoms with E-state index < -0.39 is 0 Å². The second kappa shape index (κ2) is 9.63. The summed E-state index contributed by atoms with van der Waals surface area (Å²) in [6.45, 7) is 5.06. The highest BCUT2D eigenvalue weighted by Gasteiger charge is 2.19. The number of benzene rings is 2. The largest absolute Gasteiger partial charge is 0.383 e. The van der Waals surface area contributed by atoms with Gasteiger partial charge >= 0.3 is 0 Å². The summed E-state index contributed by atoms with van der Waals surface area (Å²) in [7, 11) is 1.66. The van der Waals surface area contributed by atoms with Crippen molar-refractivity contribution < 1.29 is 9.64 Å². The number of aromatic amines is 1. The maximum absolute atomic E-state index is 12.8. The molecule has 0 amide bonds. The van der Waals surface area contributed by atoms with Crippen LogP contribution in [0.15, 0.2) is 59.4 Å². The molecule has 4 rings (SSSR count). The summed E-state index contributed by atoms with van der Waals surface area (Å²) in [5.74, 6) is 0.774. The highest BCUT2D eigenvalue weighted by atomic mass is 16.5. The molecule has 8 heteroatoms. The summed E-state index contributed by atoms with van der Waals surface area (Å²) < 4.78 is 6.93. The fraction of sp³-hybridized carbons (Fsp3) is 0.304. The van der Waals surface area contributed by atoms with Crippen molar-refractivity contribution in [3.05, 3.63) is 87.5 Å². The van der Waals surface area contributed by atoms with Crippen LogP contribution < -0.4 is 10.5 Å². The fourth-order valence-electron chi connectivity index (χ4n) is 3.76. The number of ether oxygens (including phenoxy) is 1. The van der Waals surface area contributed by atoms with Crippen molar-refractivity contribution >= 4 is 10.9 Å². The molecule has 0 aliphatic carbocycles. The quantitative estimate of drug-likeness (QED) is 0.426. The SMILES string of the molecule is COCCn1nnnc1C[NH+](Cc1ccccc1)Cc1cc2ccc(C)cc2[nH]c1=O. The lowest BCUT2D eigenvalue weighted by Gasteiger charge is -2.19. The molecular weight excluding hydrogens is 392 g/mol. The molecule has 0 saturated carbocycles. The minimum Gasteiger partial charge on any atom is -0.383 e. The van der Waals surface area contributed by atoms with Crippen LogP contribution in [0.4, 0.5) is 0 Å². The summed E-state index contributed by atoms with van der Waals surface area (Å²) >= 11 is 0. The predicted octanol–water partition coefficient (Wildman–Crippen LogP) is 1.25. The summed E-state index contributed by atoms with van der Waals surface area (Å²) in [5.41, 5.74) is 3.87. The smallest absolute Gasteiger partial charge is 0.257 e. The van der Waals surface area contributed by atoms with E-state index in [-0.39, 0.29) is 5.56 Å². The Morgan fingerprint density at radius 3 is 2.71 bits per heavy atom. The second-order valence-corrected chi connectivity index (χ2v) is 7.79. The summed E-state index contributed by atoms with van der Waals surface area (Å²) in [6.07, 6.45) is 0. The Bertz CT molecular complexity index is 1200. The van der Waals surface area contributed by atoms with E-state index in [1.807, 2.05) is 43.3 Å². The van der Waals surface area contributed by atoms with Gasteiger partial charge < -0.3 is 14.6 Å². The first-order chi connectivity index (χ1) is 15.1. The molecule has 0 aliphatic rings. The van der Waals surface area contributed by atoms with Crippen LogP contribution in [-0.4, -0.2) is 38.9 Å². The summed E-state index contributed by atoms with van der Waals surface area (Å²) in [6, 6.07) is 18.4. The molecule has 0 aliphatic heterocycles. The molecule has 2 aromatic carbocycles. The van der Waals surface area contributed by atoms with Crippen molar-refractivity contribution in [3.63, 3.8) is 0 Å². The van der Waals surface area contributed by atoms with Gasteiger partial charge in [-0.1, -0.05) is 42.5 Å². The molecule has 0 saturated heterocycles. The van der Waals surface area contributed by atoms with Gasteiger partial charge in [-0.2, -0.15) is 0 Å². The normalized spacial score (nSPS) is 12.3. The number of aromatic nitrogens is 5. The first kappa shape index (κ1) is 20.9. The molecule has 0 radical (unpaired) electrons. The van der Waals surface area contributed by atoms with Crippen molar-refractivity contribution in [3.8, 4) is 0 Å². The Balaban J connectivity index is 1.62. The molecule has 0 spiro atoms. The number of quaternary nitrogens is 1. The fourth-order valence-corrected chi connectivity index (χ4v) is 3.76. The Labute approximate surface area is 180 Å². The number of fused-ring (bicyclic) bond motifs is 1. The Hall–Kier alpha value is -3.36. The van der Waals surface area contributed by atoms with Crippen LogP contribution in [0.3, 0.4) is 0 Å². The van der Waals surface area contributed by atoms with Gasteiger partial charge in [-0.3, -0.25) is 4.79 Å². The number of H-pyrrole nitrogens is 1. The number of nitrogens with one attached hydrogen (secondary N) is 2. The number of hydrogen-bond acceptors (Lipinski definition) is 5. The van der Waals surface area contributed by atoms with Crippen LogP contribution in [0.1, 0.15) is 22.5 Å². The van der Waals surface area contributed by atoms with E-state index >= 15 is 0 Å². The van der Waals surface area contributed by atoms with Crippen LogP contribution in [0, 0.1) is 6.92 Å². The summed E-state index contributed by atoms with van der Waals surface area (Å²) in [4.78, 5) is 17.0. The zero-order valence-corrected chi connectivity index (χ0v) is 17.8. The molecule has 31 heavy (non-hydrogen) atoms. The molecule has 1 atom stereocenters. The van der Waals surface area contributed by atoms with E-state index in [2.05, 4.69) is 38.7 Å². The number of nitrogens with zero attached hydrogens (tertiary/aromatic N) is 4. The van der Waals surface area contributed by atoms with Crippen LogP contribution in [0.2, 0.25) is 0 Å². The van der Waals surface area contributed by atoms with E-state index in [0.717, 1.165) is 34.4 Å². The number of pyridine rings is 1. The molecule has 2 N–H and O–H groups in total. The van der Waals surface area contributed by atoms with Crippen molar-refractivity contribution in [1.82, 2.24) is 25.2 Å². The first-order valence-corrected chi connectivity index (χ1v) is 10.4. The second-order valence-electron chi connectivity index (χ2n) is 7.79. The number of methoxy groups -OCH3 is 1. The van der Waals surface area contributed by atoms with E-state index in [1.54, 1.807) is 11.8 Å². The molecular formula is C23H27N6O2+. The third-order valence-corrected chi connectivity index (χ3v) is 5.34. The highest BCUT2D eigenvalue weighted by Crippen LogP contribution is 2.12. The highest BCUT2D eigenvalue weighted by molar-refractivity contribution is 5.79. The Kier molecular flexibility index (Phi) is 6.49. The van der Waals surface area contributed by atoms with E-state index in [0.29, 0.717) is 26.2 Å². The topological polar surface area (TPSA) is 90.1 Å². The maximum Gasteiger partial charge on any atom is 0.257 e. The van der Waals surface area contributed by atoms with Gasteiger partial charge in [0.25, 0.3) is 5.56 Å². The average molecular weight is 420 g/mol. The summed E-state index contributed by atoms with van der Waals surface area (Å²) in [5, 5.41) is 13.2. The molecule has 8 nitrogen and oxygen atoms in total. The third-order valence-electron chi connectivity index (χ3n) is 5.34. The minimum absolute atomic E-state index is 0.0531. The number of rotatable bonds is 9. The van der Waals surface area contributed by atoms with Gasteiger partial charge in [-0.05, 0) is 40.4 Å². The third kappa shape index (κ3) is 5.22.